The van der Waals surface area contributed by atoms with Crippen LogP contribution in [0, 0.1) is 0 Å². The molecular formula is C17H14Cl2N2O5. The third-order valence-electron chi connectivity index (χ3n) is 3.01. The molecule has 0 aliphatic rings. The van der Waals surface area contributed by atoms with Gasteiger partial charge in [0, 0.05) is 5.02 Å². The van der Waals surface area contributed by atoms with Gasteiger partial charge in [-0.2, -0.15) is 0 Å². The van der Waals surface area contributed by atoms with E-state index in [2.05, 4.69) is 5.32 Å². The molecule has 0 aromatic heterocycles. The van der Waals surface area contributed by atoms with Crippen molar-refractivity contribution in [1.82, 2.24) is 0 Å². The number of esters is 1. The fourth-order valence-electron chi connectivity index (χ4n) is 1.84. The molecule has 2 amide bonds. The van der Waals surface area contributed by atoms with E-state index >= 15 is 0 Å². The zero-order chi connectivity index (χ0) is 19.1. The smallest absolute Gasteiger partial charge is 0.338 e. The van der Waals surface area contributed by atoms with Crippen molar-refractivity contribution in [2.24, 2.45) is 5.73 Å². The van der Waals surface area contributed by atoms with E-state index in [-0.39, 0.29) is 12.2 Å². The first-order valence-electron chi connectivity index (χ1n) is 7.28. The third-order valence-corrected chi connectivity index (χ3v) is 3.57. The number of rotatable bonds is 7. The Kier molecular flexibility index (Phi) is 6.82. The van der Waals surface area contributed by atoms with Crippen LogP contribution < -0.4 is 15.8 Å². The first-order chi connectivity index (χ1) is 12.3. The summed E-state index contributed by atoms with van der Waals surface area (Å²) in [6.07, 6.45) is 0. The minimum atomic E-state index is -0.696. The van der Waals surface area contributed by atoms with Crippen LogP contribution in [0.3, 0.4) is 0 Å². The van der Waals surface area contributed by atoms with Gasteiger partial charge in [-0.3, -0.25) is 9.59 Å². The predicted molar refractivity (Wildman–Crippen MR) is 96.5 cm³/mol. The summed E-state index contributed by atoms with van der Waals surface area (Å²) in [5.74, 6) is -1.50. The van der Waals surface area contributed by atoms with Gasteiger partial charge >= 0.3 is 5.97 Å². The van der Waals surface area contributed by atoms with Gasteiger partial charge in [0.1, 0.15) is 5.75 Å². The number of carbonyl (C=O) groups is 3. The quantitative estimate of drug-likeness (QED) is 0.699. The Hall–Kier alpha value is -2.77. The topological polar surface area (TPSA) is 108 Å². The molecule has 26 heavy (non-hydrogen) atoms. The normalized spacial score (nSPS) is 10.1. The molecule has 0 bridgehead atoms. The molecule has 0 atom stereocenters. The molecule has 2 aromatic carbocycles. The maximum atomic E-state index is 11.9. The molecule has 0 radical (unpaired) electrons. The number of hydrogen-bond acceptors (Lipinski definition) is 5. The van der Waals surface area contributed by atoms with E-state index in [1.807, 2.05) is 0 Å². The summed E-state index contributed by atoms with van der Waals surface area (Å²) in [7, 11) is 0. The van der Waals surface area contributed by atoms with E-state index in [1.165, 1.54) is 36.4 Å². The van der Waals surface area contributed by atoms with E-state index < -0.39 is 24.4 Å². The van der Waals surface area contributed by atoms with Crippen LogP contribution in [0.2, 0.25) is 10.0 Å². The Labute approximate surface area is 159 Å². The fourth-order valence-corrected chi connectivity index (χ4v) is 2.17. The highest BCUT2D eigenvalue weighted by Crippen LogP contribution is 2.25. The van der Waals surface area contributed by atoms with Crippen LogP contribution in [-0.4, -0.2) is 31.0 Å². The van der Waals surface area contributed by atoms with E-state index in [9.17, 15) is 14.4 Å². The molecule has 7 nitrogen and oxygen atoms in total. The average Bonchev–Trinajstić information content (AvgIpc) is 2.61. The number of benzene rings is 2. The number of hydrogen-bond donors (Lipinski definition) is 2. The zero-order valence-electron chi connectivity index (χ0n) is 13.3. The van der Waals surface area contributed by atoms with Gasteiger partial charge in [-0.15, -0.1) is 0 Å². The predicted octanol–water partition coefficient (Wildman–Crippen LogP) is 2.65. The number of anilines is 1. The van der Waals surface area contributed by atoms with Gasteiger partial charge in [-0.1, -0.05) is 23.2 Å². The molecule has 0 heterocycles. The highest BCUT2D eigenvalue weighted by Gasteiger charge is 2.12. The second kappa shape index (κ2) is 9.07. The molecule has 3 N–H and O–H groups in total. The van der Waals surface area contributed by atoms with Gasteiger partial charge in [-0.25, -0.2) is 4.79 Å². The number of nitrogens with one attached hydrogen (secondary N) is 1. The Balaban J connectivity index is 1.86. The van der Waals surface area contributed by atoms with Crippen molar-refractivity contribution in [3.63, 3.8) is 0 Å². The summed E-state index contributed by atoms with van der Waals surface area (Å²) < 4.78 is 10.0. The van der Waals surface area contributed by atoms with Gasteiger partial charge in [0.05, 0.1) is 16.3 Å². The van der Waals surface area contributed by atoms with Crippen molar-refractivity contribution in [2.75, 3.05) is 18.5 Å². The molecule has 0 saturated carbocycles. The summed E-state index contributed by atoms with van der Waals surface area (Å²) in [6.45, 7) is -0.766. The van der Waals surface area contributed by atoms with Crippen LogP contribution >= 0.6 is 23.2 Å². The van der Waals surface area contributed by atoms with Crippen molar-refractivity contribution in [3.8, 4) is 5.75 Å². The van der Waals surface area contributed by atoms with Gasteiger partial charge in [0.15, 0.2) is 13.2 Å². The molecule has 9 heteroatoms. The first kappa shape index (κ1) is 19.6. The van der Waals surface area contributed by atoms with Gasteiger partial charge < -0.3 is 20.5 Å². The number of primary amides is 1. The summed E-state index contributed by atoms with van der Waals surface area (Å²) in [5, 5.41) is 3.21. The molecular weight excluding hydrogens is 383 g/mol. The minimum absolute atomic E-state index is 0.213. The second-order valence-electron chi connectivity index (χ2n) is 5.03. The highest BCUT2D eigenvalue weighted by atomic mass is 35.5. The molecule has 0 aliphatic heterocycles. The highest BCUT2D eigenvalue weighted by molar-refractivity contribution is 6.35. The summed E-state index contributed by atoms with van der Waals surface area (Å²) in [4.78, 5) is 34.4. The molecule has 0 saturated heterocycles. The van der Waals surface area contributed by atoms with Crippen molar-refractivity contribution < 1.29 is 23.9 Å². The summed E-state index contributed by atoms with van der Waals surface area (Å²) >= 11 is 11.8. The lowest BCUT2D eigenvalue weighted by Gasteiger charge is -2.09. The van der Waals surface area contributed by atoms with Crippen LogP contribution in [0.25, 0.3) is 0 Å². The Bertz CT molecular complexity index is 824. The number of nitrogens with two attached hydrogens (primary N) is 1. The number of ether oxygens (including phenoxy) is 2. The zero-order valence-corrected chi connectivity index (χ0v) is 14.8. The molecule has 2 aromatic rings. The van der Waals surface area contributed by atoms with Crippen molar-refractivity contribution in [3.05, 3.63) is 58.1 Å². The largest absolute Gasteiger partial charge is 0.484 e. The number of amides is 2. The first-order valence-corrected chi connectivity index (χ1v) is 8.04. The molecule has 0 aliphatic carbocycles. The second-order valence-corrected chi connectivity index (χ2v) is 5.87. The van der Waals surface area contributed by atoms with E-state index in [0.717, 1.165) is 0 Å². The minimum Gasteiger partial charge on any atom is -0.484 e. The van der Waals surface area contributed by atoms with Crippen molar-refractivity contribution >= 4 is 46.7 Å². The summed E-state index contributed by atoms with van der Waals surface area (Å²) in [5.41, 5.74) is 5.50. The Morgan fingerprint density at radius 2 is 1.69 bits per heavy atom. The Morgan fingerprint density at radius 1 is 1.00 bits per heavy atom. The molecule has 0 unspecified atom stereocenters. The third kappa shape index (κ3) is 5.94. The van der Waals surface area contributed by atoms with Crippen LogP contribution in [0.5, 0.6) is 5.75 Å². The number of carbonyl (C=O) groups excluding carboxylic acids is 3. The van der Waals surface area contributed by atoms with Gasteiger partial charge in [-0.05, 0) is 42.5 Å². The lowest BCUT2D eigenvalue weighted by molar-refractivity contribution is -0.120. The SMILES string of the molecule is NC(=O)COc1ccc(C(=O)OCC(=O)Nc2cc(Cl)ccc2Cl)cc1. The van der Waals surface area contributed by atoms with Crippen LogP contribution in [-0.2, 0) is 14.3 Å². The van der Waals surface area contributed by atoms with E-state index in [0.29, 0.717) is 21.5 Å². The van der Waals surface area contributed by atoms with Crippen LogP contribution in [0.15, 0.2) is 42.5 Å². The lowest BCUT2D eigenvalue weighted by atomic mass is 10.2. The van der Waals surface area contributed by atoms with Crippen LogP contribution in [0.4, 0.5) is 5.69 Å². The summed E-state index contributed by atoms with van der Waals surface area (Å²) in [6, 6.07) is 10.4. The van der Waals surface area contributed by atoms with Crippen LogP contribution in [0.1, 0.15) is 10.4 Å². The van der Waals surface area contributed by atoms with E-state index in [4.69, 9.17) is 38.4 Å². The van der Waals surface area contributed by atoms with Crippen molar-refractivity contribution in [2.45, 2.75) is 0 Å². The molecule has 2 rings (SSSR count). The van der Waals surface area contributed by atoms with Gasteiger partial charge in [0.25, 0.3) is 11.8 Å². The maximum Gasteiger partial charge on any atom is 0.338 e. The standard InChI is InChI=1S/C17H14Cl2N2O5/c18-11-3-6-13(19)14(7-11)21-16(23)9-26-17(24)10-1-4-12(5-2-10)25-8-15(20)22/h1-7H,8-9H2,(H2,20,22)(H,21,23). The van der Waals surface area contributed by atoms with Crippen molar-refractivity contribution in [1.29, 1.82) is 0 Å². The average molecular weight is 397 g/mol. The molecule has 0 fully saturated rings. The van der Waals surface area contributed by atoms with E-state index in [1.54, 1.807) is 6.07 Å². The molecule has 136 valence electrons. The number of halogens is 2. The fraction of sp³-hybridized carbons (Fsp3) is 0.118. The monoisotopic (exact) mass is 396 g/mol. The lowest BCUT2D eigenvalue weighted by Crippen LogP contribution is -2.21. The molecule has 0 spiro atoms. The maximum absolute atomic E-state index is 11.9. The van der Waals surface area contributed by atoms with Gasteiger partial charge in [0.2, 0.25) is 0 Å². The Morgan fingerprint density at radius 3 is 2.35 bits per heavy atom.